The molecule has 1 fully saturated rings. The summed E-state index contributed by atoms with van der Waals surface area (Å²) in [6, 6.07) is 7.60. The molecule has 0 aromatic heterocycles. The fraction of sp³-hybridized carbons (Fsp3) is 0.700. The minimum absolute atomic E-state index is 0.477. The van der Waals surface area contributed by atoms with Crippen molar-refractivity contribution in [3.05, 3.63) is 34.9 Å². The molecular formula is C20H33N. The first-order valence-corrected chi connectivity index (χ1v) is 8.73. The maximum atomic E-state index is 3.79. The predicted molar refractivity (Wildman–Crippen MR) is 92.8 cm³/mol. The van der Waals surface area contributed by atoms with Gasteiger partial charge in [0.15, 0.2) is 0 Å². The Morgan fingerprint density at radius 1 is 1.19 bits per heavy atom. The van der Waals surface area contributed by atoms with E-state index in [1.54, 1.807) is 0 Å². The van der Waals surface area contributed by atoms with Gasteiger partial charge in [-0.05, 0) is 67.7 Å². The molecule has 2 atom stereocenters. The summed E-state index contributed by atoms with van der Waals surface area (Å²) in [4.78, 5) is 0. The zero-order valence-electron chi connectivity index (χ0n) is 14.6. The standard InChI is InChI=1S/C20H33N/c1-6-21-19(18-9-7-8-12-20(18,4)5)14-17-11-10-15(2)16(3)13-17/h10-11,13,18-19,21H,6-9,12,14H2,1-5H3. The van der Waals surface area contributed by atoms with Crippen molar-refractivity contribution >= 4 is 0 Å². The molecule has 0 amide bonds. The van der Waals surface area contributed by atoms with E-state index in [4.69, 9.17) is 0 Å². The van der Waals surface area contributed by atoms with Crippen LogP contribution in [0.25, 0.3) is 0 Å². The van der Waals surface area contributed by atoms with Crippen molar-refractivity contribution in [3.63, 3.8) is 0 Å². The second-order valence-electron chi connectivity index (χ2n) is 7.63. The van der Waals surface area contributed by atoms with E-state index in [0.717, 1.165) is 12.5 Å². The molecule has 1 aliphatic rings. The highest BCUT2D eigenvalue weighted by molar-refractivity contribution is 5.30. The first kappa shape index (κ1) is 16.5. The summed E-state index contributed by atoms with van der Waals surface area (Å²) >= 11 is 0. The van der Waals surface area contributed by atoms with Crippen LogP contribution in [0, 0.1) is 25.2 Å². The summed E-state index contributed by atoms with van der Waals surface area (Å²) in [7, 11) is 0. The molecular weight excluding hydrogens is 254 g/mol. The average molecular weight is 287 g/mol. The summed E-state index contributed by atoms with van der Waals surface area (Å²) in [5, 5.41) is 3.79. The van der Waals surface area contributed by atoms with Crippen LogP contribution in [-0.4, -0.2) is 12.6 Å². The lowest BCUT2D eigenvalue weighted by molar-refractivity contribution is 0.0987. The number of benzene rings is 1. The summed E-state index contributed by atoms with van der Waals surface area (Å²) in [6.45, 7) is 12.7. The van der Waals surface area contributed by atoms with Crippen LogP contribution in [0.15, 0.2) is 18.2 Å². The molecule has 1 saturated carbocycles. The van der Waals surface area contributed by atoms with Gasteiger partial charge in [0.25, 0.3) is 0 Å². The van der Waals surface area contributed by atoms with E-state index in [2.05, 4.69) is 58.1 Å². The fourth-order valence-corrected chi connectivity index (χ4v) is 4.07. The number of nitrogens with one attached hydrogen (secondary N) is 1. The second-order valence-corrected chi connectivity index (χ2v) is 7.63. The first-order chi connectivity index (χ1) is 9.94. The quantitative estimate of drug-likeness (QED) is 0.800. The van der Waals surface area contributed by atoms with E-state index >= 15 is 0 Å². The summed E-state index contributed by atoms with van der Waals surface area (Å²) < 4.78 is 0. The van der Waals surface area contributed by atoms with E-state index in [1.165, 1.54) is 48.8 Å². The van der Waals surface area contributed by atoms with Crippen molar-refractivity contribution in [2.45, 2.75) is 72.8 Å². The minimum atomic E-state index is 0.477. The third-order valence-corrected chi connectivity index (χ3v) is 5.57. The van der Waals surface area contributed by atoms with Crippen molar-refractivity contribution in [3.8, 4) is 0 Å². The number of hydrogen-bond acceptors (Lipinski definition) is 1. The van der Waals surface area contributed by atoms with Crippen LogP contribution in [-0.2, 0) is 6.42 Å². The molecule has 1 heteroatoms. The Bertz CT molecular complexity index is 461. The first-order valence-electron chi connectivity index (χ1n) is 8.73. The molecule has 1 nitrogen and oxygen atoms in total. The Kier molecular flexibility index (Phi) is 5.48. The lowest BCUT2D eigenvalue weighted by atomic mass is 9.65. The van der Waals surface area contributed by atoms with Crippen molar-refractivity contribution in [2.24, 2.45) is 11.3 Å². The lowest BCUT2D eigenvalue weighted by Crippen LogP contribution is -2.46. The number of rotatable bonds is 5. The summed E-state index contributed by atoms with van der Waals surface area (Å²) in [6.07, 6.45) is 6.75. The molecule has 2 rings (SSSR count). The van der Waals surface area contributed by atoms with E-state index in [9.17, 15) is 0 Å². The van der Waals surface area contributed by atoms with Gasteiger partial charge in [-0.25, -0.2) is 0 Å². The Hall–Kier alpha value is -0.820. The van der Waals surface area contributed by atoms with E-state index in [-0.39, 0.29) is 0 Å². The van der Waals surface area contributed by atoms with Gasteiger partial charge in [0.05, 0.1) is 0 Å². The normalized spacial score (nSPS) is 23.0. The third kappa shape index (κ3) is 4.10. The zero-order chi connectivity index (χ0) is 15.5. The van der Waals surface area contributed by atoms with Gasteiger partial charge in [-0.2, -0.15) is 0 Å². The van der Waals surface area contributed by atoms with Crippen LogP contribution in [0.4, 0.5) is 0 Å². The molecule has 118 valence electrons. The highest BCUT2D eigenvalue weighted by Crippen LogP contribution is 2.43. The molecule has 0 aliphatic heterocycles. The SMILES string of the molecule is CCNC(Cc1ccc(C)c(C)c1)C1CCCCC1(C)C. The zero-order valence-corrected chi connectivity index (χ0v) is 14.6. The third-order valence-electron chi connectivity index (χ3n) is 5.57. The Morgan fingerprint density at radius 2 is 1.95 bits per heavy atom. The highest BCUT2D eigenvalue weighted by atomic mass is 14.9. The lowest BCUT2D eigenvalue weighted by Gasteiger charge is -2.43. The molecule has 1 aromatic rings. The Morgan fingerprint density at radius 3 is 2.57 bits per heavy atom. The van der Waals surface area contributed by atoms with Gasteiger partial charge in [-0.1, -0.05) is 51.8 Å². The average Bonchev–Trinajstić information content (AvgIpc) is 2.42. The molecule has 0 heterocycles. The maximum absolute atomic E-state index is 3.79. The van der Waals surface area contributed by atoms with E-state index < -0.39 is 0 Å². The van der Waals surface area contributed by atoms with Gasteiger partial charge < -0.3 is 5.32 Å². The van der Waals surface area contributed by atoms with Crippen LogP contribution in [0.2, 0.25) is 0 Å². The van der Waals surface area contributed by atoms with Crippen LogP contribution >= 0.6 is 0 Å². The van der Waals surface area contributed by atoms with Gasteiger partial charge in [0.2, 0.25) is 0 Å². The van der Waals surface area contributed by atoms with Gasteiger partial charge >= 0.3 is 0 Å². The number of hydrogen-bond donors (Lipinski definition) is 1. The molecule has 0 bridgehead atoms. The summed E-state index contributed by atoms with van der Waals surface area (Å²) in [5.74, 6) is 0.799. The van der Waals surface area contributed by atoms with Gasteiger partial charge in [0.1, 0.15) is 0 Å². The van der Waals surface area contributed by atoms with Gasteiger partial charge in [-0.15, -0.1) is 0 Å². The van der Waals surface area contributed by atoms with Crippen molar-refractivity contribution in [2.75, 3.05) is 6.54 Å². The molecule has 0 saturated heterocycles. The molecule has 1 N–H and O–H groups in total. The molecule has 2 unspecified atom stereocenters. The minimum Gasteiger partial charge on any atom is -0.314 e. The van der Waals surface area contributed by atoms with Crippen LogP contribution in [0.5, 0.6) is 0 Å². The maximum Gasteiger partial charge on any atom is 0.0141 e. The van der Waals surface area contributed by atoms with Crippen molar-refractivity contribution < 1.29 is 0 Å². The summed E-state index contributed by atoms with van der Waals surface area (Å²) in [5.41, 5.74) is 4.79. The molecule has 0 spiro atoms. The second kappa shape index (κ2) is 6.96. The molecule has 21 heavy (non-hydrogen) atoms. The van der Waals surface area contributed by atoms with E-state index in [0.29, 0.717) is 11.5 Å². The predicted octanol–water partition coefficient (Wildman–Crippen LogP) is 5.04. The Balaban J connectivity index is 2.16. The monoisotopic (exact) mass is 287 g/mol. The van der Waals surface area contributed by atoms with E-state index in [1.807, 2.05) is 0 Å². The molecule has 0 radical (unpaired) electrons. The smallest absolute Gasteiger partial charge is 0.0141 e. The van der Waals surface area contributed by atoms with Crippen LogP contribution in [0.1, 0.15) is 63.1 Å². The van der Waals surface area contributed by atoms with Gasteiger partial charge in [-0.3, -0.25) is 0 Å². The fourth-order valence-electron chi connectivity index (χ4n) is 4.07. The topological polar surface area (TPSA) is 12.0 Å². The van der Waals surface area contributed by atoms with Crippen molar-refractivity contribution in [1.29, 1.82) is 0 Å². The number of aryl methyl sites for hydroxylation is 2. The van der Waals surface area contributed by atoms with Crippen LogP contribution in [0.3, 0.4) is 0 Å². The van der Waals surface area contributed by atoms with Crippen LogP contribution < -0.4 is 5.32 Å². The van der Waals surface area contributed by atoms with Crippen molar-refractivity contribution in [1.82, 2.24) is 5.32 Å². The number of likely N-dealkylation sites (N-methyl/N-ethyl adjacent to an activating group) is 1. The largest absolute Gasteiger partial charge is 0.314 e. The molecule has 1 aromatic carbocycles. The highest BCUT2D eigenvalue weighted by Gasteiger charge is 2.37. The molecule has 1 aliphatic carbocycles. The Labute approximate surface area is 131 Å². The van der Waals surface area contributed by atoms with Gasteiger partial charge in [0, 0.05) is 6.04 Å².